The van der Waals surface area contributed by atoms with Gasteiger partial charge >= 0.3 is 6.03 Å². The molecule has 6 nitrogen and oxygen atoms in total. The zero-order valence-electron chi connectivity index (χ0n) is 14.9. The van der Waals surface area contributed by atoms with E-state index in [0.717, 1.165) is 35.1 Å². The highest BCUT2D eigenvalue weighted by Crippen LogP contribution is 2.28. The maximum atomic E-state index is 12.9. The average molecular weight is 363 g/mol. The van der Waals surface area contributed by atoms with Crippen LogP contribution in [-0.2, 0) is 11.2 Å². The summed E-state index contributed by atoms with van der Waals surface area (Å²) in [5.74, 6) is 1.70. The number of hydrogen-bond donors (Lipinski definition) is 1. The second kappa shape index (κ2) is 8.01. The maximum Gasteiger partial charge on any atom is 0.318 e. The number of urea groups is 1. The van der Waals surface area contributed by atoms with Gasteiger partial charge in [0.05, 0.1) is 19.3 Å². The summed E-state index contributed by atoms with van der Waals surface area (Å²) < 4.78 is 11.4. The Morgan fingerprint density at radius 3 is 2.96 bits per heavy atom. The smallest absolute Gasteiger partial charge is 0.318 e. The van der Waals surface area contributed by atoms with E-state index in [1.807, 2.05) is 36.3 Å². The molecule has 2 atom stereocenters. The van der Waals surface area contributed by atoms with Crippen molar-refractivity contribution in [1.82, 2.24) is 15.2 Å². The minimum absolute atomic E-state index is 0.0718. The van der Waals surface area contributed by atoms with Crippen molar-refractivity contribution in [2.45, 2.75) is 45.7 Å². The first-order valence-electron chi connectivity index (χ1n) is 8.77. The molecule has 0 aliphatic carbocycles. The molecular weight excluding hydrogens is 338 g/mol. The number of hydrogen-bond acceptors (Lipinski definition) is 5. The SMILES string of the molecule is CCc1ccc(C2COCCN2C(=O)NC(CC)c2nc(C)cs2)o1. The van der Waals surface area contributed by atoms with E-state index in [0.29, 0.717) is 19.8 Å². The standard InChI is InChI=1S/C18H25N3O3S/c1-4-13-6-7-16(24-13)15-10-23-9-8-21(15)18(22)20-14(5-2)17-19-12(3)11-25-17/h6-7,11,14-15H,4-5,8-10H2,1-3H3,(H,20,22). The quantitative estimate of drug-likeness (QED) is 0.876. The highest BCUT2D eigenvalue weighted by Gasteiger charge is 2.32. The highest BCUT2D eigenvalue weighted by molar-refractivity contribution is 7.09. The molecule has 1 fully saturated rings. The number of furan rings is 1. The summed E-state index contributed by atoms with van der Waals surface area (Å²) in [4.78, 5) is 19.2. The molecule has 2 unspecified atom stereocenters. The molecular formula is C18H25N3O3S. The predicted molar refractivity (Wildman–Crippen MR) is 96.8 cm³/mol. The number of carbonyl (C=O) groups is 1. The first-order valence-corrected chi connectivity index (χ1v) is 9.65. The van der Waals surface area contributed by atoms with Crippen LogP contribution in [0.5, 0.6) is 0 Å². The molecule has 1 aliphatic rings. The van der Waals surface area contributed by atoms with Gasteiger partial charge in [-0.05, 0) is 25.5 Å². The lowest BCUT2D eigenvalue weighted by atomic mass is 10.2. The third kappa shape index (κ3) is 4.04. The summed E-state index contributed by atoms with van der Waals surface area (Å²) in [6.45, 7) is 7.61. The van der Waals surface area contributed by atoms with Crippen LogP contribution in [-0.4, -0.2) is 35.7 Å². The van der Waals surface area contributed by atoms with Crippen molar-refractivity contribution in [2.75, 3.05) is 19.8 Å². The Kier molecular flexibility index (Phi) is 5.75. The fourth-order valence-corrected chi connectivity index (χ4v) is 3.88. The molecule has 2 amide bonds. The first kappa shape index (κ1) is 17.9. The Hall–Kier alpha value is -1.86. The number of nitrogens with zero attached hydrogens (tertiary/aromatic N) is 2. The van der Waals surface area contributed by atoms with Crippen molar-refractivity contribution in [2.24, 2.45) is 0 Å². The molecule has 25 heavy (non-hydrogen) atoms. The molecule has 1 aliphatic heterocycles. The van der Waals surface area contributed by atoms with Crippen molar-refractivity contribution in [3.8, 4) is 0 Å². The largest absolute Gasteiger partial charge is 0.464 e. The number of nitrogens with one attached hydrogen (secondary N) is 1. The molecule has 3 rings (SSSR count). The van der Waals surface area contributed by atoms with Gasteiger partial charge in [0.1, 0.15) is 22.6 Å². The van der Waals surface area contributed by atoms with E-state index in [2.05, 4.69) is 17.2 Å². The minimum atomic E-state index is -0.190. The number of aromatic nitrogens is 1. The van der Waals surface area contributed by atoms with E-state index in [1.54, 1.807) is 11.3 Å². The van der Waals surface area contributed by atoms with Gasteiger partial charge in [-0.15, -0.1) is 11.3 Å². The van der Waals surface area contributed by atoms with Gasteiger partial charge in [-0.25, -0.2) is 9.78 Å². The summed E-state index contributed by atoms with van der Waals surface area (Å²) in [5, 5.41) is 6.08. The van der Waals surface area contributed by atoms with E-state index in [-0.39, 0.29) is 18.1 Å². The van der Waals surface area contributed by atoms with Crippen LogP contribution in [0.2, 0.25) is 0 Å². The van der Waals surface area contributed by atoms with Crippen molar-refractivity contribution in [1.29, 1.82) is 0 Å². The van der Waals surface area contributed by atoms with Gasteiger partial charge in [-0.2, -0.15) is 0 Å². The van der Waals surface area contributed by atoms with Gasteiger partial charge < -0.3 is 19.4 Å². The fourth-order valence-electron chi connectivity index (χ4n) is 2.95. The zero-order valence-corrected chi connectivity index (χ0v) is 15.8. The fraction of sp³-hybridized carbons (Fsp3) is 0.556. The van der Waals surface area contributed by atoms with E-state index in [1.165, 1.54) is 0 Å². The van der Waals surface area contributed by atoms with Gasteiger partial charge in [0.25, 0.3) is 0 Å². The highest BCUT2D eigenvalue weighted by atomic mass is 32.1. The first-order chi connectivity index (χ1) is 12.1. The molecule has 0 aromatic carbocycles. The van der Waals surface area contributed by atoms with Crippen LogP contribution >= 0.6 is 11.3 Å². The number of carbonyl (C=O) groups excluding carboxylic acids is 1. The number of amides is 2. The molecule has 0 spiro atoms. The van der Waals surface area contributed by atoms with Crippen LogP contribution in [0.1, 0.15) is 54.6 Å². The van der Waals surface area contributed by atoms with Gasteiger partial charge in [-0.1, -0.05) is 13.8 Å². The summed E-state index contributed by atoms with van der Waals surface area (Å²) in [6, 6.07) is 3.55. The molecule has 0 radical (unpaired) electrons. The molecule has 3 heterocycles. The molecule has 1 saturated heterocycles. The number of morpholine rings is 1. The third-order valence-corrected chi connectivity index (χ3v) is 5.47. The van der Waals surface area contributed by atoms with Crippen LogP contribution in [0, 0.1) is 6.92 Å². The molecule has 2 aromatic heterocycles. The second-order valence-electron chi connectivity index (χ2n) is 6.18. The number of ether oxygens (including phenoxy) is 1. The molecule has 136 valence electrons. The summed E-state index contributed by atoms with van der Waals surface area (Å²) in [7, 11) is 0. The Labute approximate surface area is 152 Å². The van der Waals surface area contributed by atoms with Crippen LogP contribution in [0.25, 0.3) is 0 Å². The molecule has 1 N–H and O–H groups in total. The van der Waals surface area contributed by atoms with Crippen LogP contribution < -0.4 is 5.32 Å². The Balaban J connectivity index is 1.73. The van der Waals surface area contributed by atoms with Crippen LogP contribution in [0.15, 0.2) is 21.9 Å². The predicted octanol–water partition coefficient (Wildman–Crippen LogP) is 3.84. The number of thiazole rings is 1. The van der Waals surface area contributed by atoms with Gasteiger partial charge in [0.2, 0.25) is 0 Å². The number of rotatable bonds is 5. The van der Waals surface area contributed by atoms with E-state index >= 15 is 0 Å². The average Bonchev–Trinajstić information content (AvgIpc) is 3.28. The lowest BCUT2D eigenvalue weighted by Crippen LogP contribution is -2.48. The maximum absolute atomic E-state index is 12.9. The third-order valence-electron chi connectivity index (χ3n) is 4.39. The van der Waals surface area contributed by atoms with Crippen LogP contribution in [0.3, 0.4) is 0 Å². The van der Waals surface area contributed by atoms with Gasteiger partial charge in [0.15, 0.2) is 0 Å². The second-order valence-corrected chi connectivity index (χ2v) is 7.07. The van der Waals surface area contributed by atoms with Crippen molar-refractivity contribution in [3.63, 3.8) is 0 Å². The normalized spacial score (nSPS) is 19.0. The molecule has 0 saturated carbocycles. The van der Waals surface area contributed by atoms with E-state index < -0.39 is 0 Å². The summed E-state index contributed by atoms with van der Waals surface area (Å²) in [5.41, 5.74) is 0.986. The molecule has 0 bridgehead atoms. The van der Waals surface area contributed by atoms with Crippen molar-refractivity contribution in [3.05, 3.63) is 39.7 Å². The van der Waals surface area contributed by atoms with Gasteiger partial charge in [-0.3, -0.25) is 0 Å². The molecule has 2 aromatic rings. The van der Waals surface area contributed by atoms with Crippen molar-refractivity contribution < 1.29 is 13.9 Å². The Morgan fingerprint density at radius 1 is 1.48 bits per heavy atom. The Morgan fingerprint density at radius 2 is 2.32 bits per heavy atom. The lowest BCUT2D eigenvalue weighted by molar-refractivity contribution is 0.00336. The van der Waals surface area contributed by atoms with E-state index in [9.17, 15) is 4.79 Å². The summed E-state index contributed by atoms with van der Waals surface area (Å²) in [6.07, 6.45) is 1.63. The monoisotopic (exact) mass is 363 g/mol. The van der Waals surface area contributed by atoms with Crippen molar-refractivity contribution >= 4 is 17.4 Å². The number of aryl methyl sites for hydroxylation is 2. The minimum Gasteiger partial charge on any atom is -0.464 e. The van der Waals surface area contributed by atoms with Crippen LogP contribution in [0.4, 0.5) is 4.79 Å². The summed E-state index contributed by atoms with van der Waals surface area (Å²) >= 11 is 1.59. The lowest BCUT2D eigenvalue weighted by Gasteiger charge is -2.35. The van der Waals surface area contributed by atoms with Gasteiger partial charge in [0, 0.05) is 24.0 Å². The van der Waals surface area contributed by atoms with E-state index in [4.69, 9.17) is 9.15 Å². The Bertz CT molecular complexity index is 712. The zero-order chi connectivity index (χ0) is 17.8. The molecule has 7 heteroatoms. The topological polar surface area (TPSA) is 67.6 Å².